The van der Waals surface area contributed by atoms with Crippen molar-refractivity contribution >= 4 is 27.5 Å². The number of thiophene rings is 1. The van der Waals surface area contributed by atoms with Crippen LogP contribution in [0.3, 0.4) is 0 Å². The van der Waals surface area contributed by atoms with E-state index in [0.29, 0.717) is 11.4 Å². The number of hydrogen-bond donors (Lipinski definition) is 1. The van der Waals surface area contributed by atoms with Crippen molar-refractivity contribution in [3.63, 3.8) is 0 Å². The van der Waals surface area contributed by atoms with Gasteiger partial charge in [-0.3, -0.25) is 9.48 Å². The van der Waals surface area contributed by atoms with Gasteiger partial charge in [0, 0.05) is 11.4 Å². The Morgan fingerprint density at radius 2 is 1.96 bits per heavy atom. The largest absolute Gasteiger partial charge is 0.349 e. The van der Waals surface area contributed by atoms with Crippen LogP contribution in [-0.4, -0.2) is 21.7 Å². The summed E-state index contributed by atoms with van der Waals surface area (Å²) in [6, 6.07) is 8.53. The third-order valence-electron chi connectivity index (χ3n) is 4.40. The average Bonchev–Trinajstić information content (AvgIpc) is 3.16. The number of benzene rings is 1. The lowest BCUT2D eigenvalue weighted by molar-refractivity contribution is 0.0939. The van der Waals surface area contributed by atoms with Gasteiger partial charge in [0.1, 0.15) is 10.6 Å². The van der Waals surface area contributed by atoms with Crippen molar-refractivity contribution < 1.29 is 9.18 Å². The minimum Gasteiger partial charge on any atom is -0.349 e. The quantitative estimate of drug-likeness (QED) is 0.704. The zero-order valence-electron chi connectivity index (χ0n) is 14.7. The summed E-state index contributed by atoms with van der Waals surface area (Å²) in [5, 5.41) is 8.64. The molecule has 0 saturated carbocycles. The van der Waals surface area contributed by atoms with E-state index in [9.17, 15) is 9.18 Å². The maximum absolute atomic E-state index is 13.1. The molecule has 1 aromatic carbocycles. The van der Waals surface area contributed by atoms with Gasteiger partial charge in [-0.1, -0.05) is 26.0 Å². The zero-order valence-corrected chi connectivity index (χ0v) is 15.5. The third-order valence-corrected chi connectivity index (χ3v) is 5.54. The lowest BCUT2D eigenvalue weighted by atomic mass is 10.1. The Kier molecular flexibility index (Phi) is 5.18. The second kappa shape index (κ2) is 7.35. The summed E-state index contributed by atoms with van der Waals surface area (Å²) < 4.78 is 15.0. The van der Waals surface area contributed by atoms with Crippen LogP contribution in [0.1, 0.15) is 47.6 Å². The molecule has 0 radical (unpaired) electrons. The SMILES string of the molecule is CCC(CC)NC(=O)c1cc2c(C)nn(Cc3ccc(F)cc3)c2s1. The summed E-state index contributed by atoms with van der Waals surface area (Å²) in [7, 11) is 0. The molecule has 0 spiro atoms. The molecule has 0 aliphatic heterocycles. The molecule has 1 amide bonds. The summed E-state index contributed by atoms with van der Waals surface area (Å²) in [5.41, 5.74) is 1.87. The highest BCUT2D eigenvalue weighted by molar-refractivity contribution is 7.20. The fraction of sp³-hybridized carbons (Fsp3) is 0.368. The van der Waals surface area contributed by atoms with Gasteiger partial charge in [0.2, 0.25) is 0 Å². The Labute approximate surface area is 150 Å². The molecule has 2 aromatic heterocycles. The van der Waals surface area contributed by atoms with E-state index in [-0.39, 0.29) is 17.8 Å². The fourth-order valence-corrected chi connectivity index (χ4v) is 3.91. The summed E-state index contributed by atoms with van der Waals surface area (Å²) in [4.78, 5) is 14.2. The van der Waals surface area contributed by atoms with E-state index in [2.05, 4.69) is 24.3 Å². The first kappa shape index (κ1) is 17.6. The number of fused-ring (bicyclic) bond motifs is 1. The molecule has 0 fully saturated rings. The average molecular weight is 359 g/mol. The van der Waals surface area contributed by atoms with Crippen LogP contribution in [0.5, 0.6) is 0 Å². The van der Waals surface area contributed by atoms with Crippen LogP contribution in [-0.2, 0) is 6.54 Å². The summed E-state index contributed by atoms with van der Waals surface area (Å²) in [6.07, 6.45) is 1.84. The molecule has 0 aliphatic carbocycles. The van der Waals surface area contributed by atoms with Crippen molar-refractivity contribution in [1.82, 2.24) is 15.1 Å². The van der Waals surface area contributed by atoms with E-state index in [0.717, 1.165) is 34.3 Å². The number of nitrogens with zero attached hydrogens (tertiary/aromatic N) is 2. The van der Waals surface area contributed by atoms with Crippen LogP contribution in [0.2, 0.25) is 0 Å². The highest BCUT2D eigenvalue weighted by Crippen LogP contribution is 2.29. The number of carbonyl (C=O) groups excluding carboxylic acids is 1. The monoisotopic (exact) mass is 359 g/mol. The van der Waals surface area contributed by atoms with Crippen LogP contribution in [0.15, 0.2) is 30.3 Å². The first-order valence-electron chi connectivity index (χ1n) is 8.54. The van der Waals surface area contributed by atoms with Crippen molar-refractivity contribution in [3.8, 4) is 0 Å². The molecule has 2 heterocycles. The van der Waals surface area contributed by atoms with Crippen molar-refractivity contribution in [1.29, 1.82) is 0 Å². The van der Waals surface area contributed by atoms with Crippen molar-refractivity contribution in [3.05, 3.63) is 52.3 Å². The van der Waals surface area contributed by atoms with Gasteiger partial charge >= 0.3 is 0 Å². The lowest BCUT2D eigenvalue weighted by Crippen LogP contribution is -2.33. The van der Waals surface area contributed by atoms with Crippen LogP contribution in [0.25, 0.3) is 10.2 Å². The van der Waals surface area contributed by atoms with Crippen molar-refractivity contribution in [2.24, 2.45) is 0 Å². The lowest BCUT2D eigenvalue weighted by Gasteiger charge is -2.13. The van der Waals surface area contributed by atoms with Crippen LogP contribution in [0.4, 0.5) is 4.39 Å². The van der Waals surface area contributed by atoms with E-state index in [1.165, 1.54) is 23.5 Å². The van der Waals surface area contributed by atoms with E-state index in [1.54, 1.807) is 12.1 Å². The Balaban J connectivity index is 1.87. The molecule has 0 unspecified atom stereocenters. The number of amides is 1. The molecule has 3 rings (SSSR count). The number of hydrogen-bond acceptors (Lipinski definition) is 3. The molecule has 132 valence electrons. The number of rotatable bonds is 6. The molecule has 0 aliphatic rings. The predicted octanol–water partition coefficient (Wildman–Crippen LogP) is 4.51. The molecule has 3 aromatic rings. The molecule has 0 saturated heterocycles. The van der Waals surface area contributed by atoms with E-state index in [1.807, 2.05) is 17.7 Å². The van der Waals surface area contributed by atoms with E-state index in [4.69, 9.17) is 0 Å². The minimum absolute atomic E-state index is 0.0253. The van der Waals surface area contributed by atoms with Gasteiger partial charge in [-0.15, -0.1) is 11.3 Å². The predicted molar refractivity (Wildman–Crippen MR) is 99.7 cm³/mol. The highest BCUT2D eigenvalue weighted by Gasteiger charge is 2.18. The summed E-state index contributed by atoms with van der Waals surface area (Å²) in [5.74, 6) is -0.273. The minimum atomic E-state index is -0.248. The van der Waals surface area contributed by atoms with Gasteiger partial charge in [0.25, 0.3) is 5.91 Å². The summed E-state index contributed by atoms with van der Waals surface area (Å²) in [6.45, 7) is 6.64. The van der Waals surface area contributed by atoms with Crippen molar-refractivity contribution in [2.45, 2.75) is 46.2 Å². The molecule has 25 heavy (non-hydrogen) atoms. The maximum Gasteiger partial charge on any atom is 0.261 e. The molecule has 0 atom stereocenters. The number of nitrogens with one attached hydrogen (secondary N) is 1. The first-order chi connectivity index (χ1) is 12.0. The molecular formula is C19H22FN3OS. The Morgan fingerprint density at radius 1 is 1.28 bits per heavy atom. The summed E-state index contributed by atoms with van der Waals surface area (Å²) >= 11 is 1.45. The maximum atomic E-state index is 13.1. The van der Waals surface area contributed by atoms with E-state index >= 15 is 0 Å². The molecule has 4 nitrogen and oxygen atoms in total. The van der Waals surface area contributed by atoms with Crippen LogP contribution in [0, 0.1) is 12.7 Å². The number of carbonyl (C=O) groups is 1. The van der Waals surface area contributed by atoms with Gasteiger partial charge in [0.05, 0.1) is 17.1 Å². The third kappa shape index (κ3) is 3.74. The topological polar surface area (TPSA) is 46.9 Å². The van der Waals surface area contributed by atoms with Gasteiger partial charge in [-0.25, -0.2) is 4.39 Å². The molecule has 6 heteroatoms. The normalized spacial score (nSPS) is 11.4. The molecule has 1 N–H and O–H groups in total. The number of aryl methyl sites for hydroxylation is 1. The van der Waals surface area contributed by atoms with Gasteiger partial charge in [0.15, 0.2) is 0 Å². The fourth-order valence-electron chi connectivity index (χ4n) is 2.84. The van der Waals surface area contributed by atoms with Gasteiger partial charge < -0.3 is 5.32 Å². The number of aromatic nitrogens is 2. The second-order valence-electron chi connectivity index (χ2n) is 6.19. The Morgan fingerprint density at radius 3 is 2.60 bits per heavy atom. The Bertz CT molecular complexity index is 878. The molecular weight excluding hydrogens is 337 g/mol. The van der Waals surface area contributed by atoms with Crippen molar-refractivity contribution in [2.75, 3.05) is 0 Å². The second-order valence-corrected chi connectivity index (χ2v) is 7.22. The van der Waals surface area contributed by atoms with Gasteiger partial charge in [-0.2, -0.15) is 5.10 Å². The number of halogens is 1. The first-order valence-corrected chi connectivity index (χ1v) is 9.35. The van der Waals surface area contributed by atoms with Gasteiger partial charge in [-0.05, 0) is 43.5 Å². The van der Waals surface area contributed by atoms with Crippen LogP contribution < -0.4 is 5.32 Å². The molecule has 0 bridgehead atoms. The Hall–Kier alpha value is -2.21. The standard InChI is InChI=1S/C19H22FN3OS/c1-4-15(5-2)21-18(24)17-10-16-12(3)22-23(19(16)25-17)11-13-6-8-14(20)9-7-13/h6-10,15H,4-5,11H2,1-3H3,(H,21,24). The van der Waals surface area contributed by atoms with E-state index < -0.39 is 0 Å². The zero-order chi connectivity index (χ0) is 18.0. The van der Waals surface area contributed by atoms with Crippen LogP contribution >= 0.6 is 11.3 Å². The highest BCUT2D eigenvalue weighted by atomic mass is 32.1. The smallest absolute Gasteiger partial charge is 0.261 e.